The molecule has 2 aromatic carbocycles. The Morgan fingerprint density at radius 1 is 1.06 bits per heavy atom. The maximum absolute atomic E-state index is 13.1. The standard InChI is InChI=1S/C29H37Cl2N3OS/c1-21-6-8-22(9-7-21)29(35)32(2)20-24(23-10-11-26(30)27(31)19-23)12-16-33-17-13-25(14-18-33)34-15-4-3-5-28(34)36/h6-11,19,24-25H,3-5,12-18,20H2,1-2H3/t24-/m1/s1. The second-order valence-corrected chi connectivity index (χ2v) is 11.6. The first-order chi connectivity index (χ1) is 17.3. The average molecular weight is 547 g/mol. The number of carbonyl (C=O) groups excluding carboxylic acids is 1. The Balaban J connectivity index is 1.38. The Hall–Kier alpha value is -1.66. The van der Waals surface area contributed by atoms with Gasteiger partial charge < -0.3 is 14.7 Å². The smallest absolute Gasteiger partial charge is 0.253 e. The summed E-state index contributed by atoms with van der Waals surface area (Å²) in [6.07, 6.45) is 6.88. The Labute approximate surface area is 231 Å². The quantitative estimate of drug-likeness (QED) is 0.340. The molecular weight excluding hydrogens is 509 g/mol. The molecule has 2 aliphatic rings. The lowest BCUT2D eigenvalue weighted by atomic mass is 9.93. The highest BCUT2D eigenvalue weighted by atomic mass is 35.5. The summed E-state index contributed by atoms with van der Waals surface area (Å²) in [7, 11) is 1.89. The van der Waals surface area contributed by atoms with Crippen molar-refractivity contribution in [3.05, 3.63) is 69.2 Å². The molecule has 0 unspecified atom stereocenters. The van der Waals surface area contributed by atoms with Gasteiger partial charge in [0, 0.05) is 50.7 Å². The Morgan fingerprint density at radius 3 is 2.44 bits per heavy atom. The van der Waals surface area contributed by atoms with Crippen LogP contribution in [0.3, 0.4) is 0 Å². The summed E-state index contributed by atoms with van der Waals surface area (Å²) in [5.74, 6) is 0.213. The predicted octanol–water partition coefficient (Wildman–Crippen LogP) is 6.83. The summed E-state index contributed by atoms with van der Waals surface area (Å²) in [6, 6.07) is 14.2. The van der Waals surface area contributed by atoms with Crippen LogP contribution in [0.15, 0.2) is 42.5 Å². The van der Waals surface area contributed by atoms with Gasteiger partial charge in [0.2, 0.25) is 0 Å². The van der Waals surface area contributed by atoms with Crippen LogP contribution in [0.1, 0.15) is 65.9 Å². The number of benzene rings is 2. The molecule has 0 aromatic heterocycles. The average Bonchev–Trinajstić information content (AvgIpc) is 2.89. The Morgan fingerprint density at radius 2 is 1.78 bits per heavy atom. The zero-order valence-corrected chi connectivity index (χ0v) is 23.7. The van der Waals surface area contributed by atoms with E-state index in [1.165, 1.54) is 30.7 Å². The zero-order valence-electron chi connectivity index (χ0n) is 21.4. The van der Waals surface area contributed by atoms with Gasteiger partial charge in [0.15, 0.2) is 0 Å². The molecule has 4 rings (SSSR count). The normalized spacial score (nSPS) is 18.3. The van der Waals surface area contributed by atoms with Crippen LogP contribution >= 0.6 is 35.4 Å². The number of likely N-dealkylation sites (N-methyl/N-ethyl adjacent to an activating group) is 1. The summed E-state index contributed by atoms with van der Waals surface area (Å²) >= 11 is 18.2. The molecule has 194 valence electrons. The van der Waals surface area contributed by atoms with Gasteiger partial charge >= 0.3 is 0 Å². The van der Waals surface area contributed by atoms with E-state index < -0.39 is 0 Å². The van der Waals surface area contributed by atoms with Crippen LogP contribution in [0.2, 0.25) is 10.0 Å². The lowest BCUT2D eigenvalue weighted by Crippen LogP contribution is -2.48. The van der Waals surface area contributed by atoms with E-state index >= 15 is 0 Å². The van der Waals surface area contributed by atoms with Crippen LogP contribution < -0.4 is 0 Å². The summed E-state index contributed by atoms with van der Waals surface area (Å²) in [5, 5.41) is 1.12. The zero-order chi connectivity index (χ0) is 25.7. The first-order valence-corrected chi connectivity index (χ1v) is 14.3. The Kier molecular flexibility index (Phi) is 9.68. The number of amides is 1. The third-order valence-electron chi connectivity index (χ3n) is 7.71. The van der Waals surface area contributed by atoms with Crippen LogP contribution in [0, 0.1) is 6.92 Å². The minimum atomic E-state index is 0.0402. The van der Waals surface area contributed by atoms with Crippen LogP contribution in [0.5, 0.6) is 0 Å². The second kappa shape index (κ2) is 12.7. The van der Waals surface area contributed by atoms with Crippen LogP contribution in [-0.2, 0) is 0 Å². The van der Waals surface area contributed by atoms with Gasteiger partial charge in [-0.3, -0.25) is 4.79 Å². The van der Waals surface area contributed by atoms with Crippen molar-refractivity contribution in [2.75, 3.05) is 39.8 Å². The Bertz CT molecular complexity index is 1050. The van der Waals surface area contributed by atoms with E-state index in [2.05, 4.69) is 9.80 Å². The minimum absolute atomic E-state index is 0.0402. The molecule has 0 N–H and O–H groups in total. The maximum atomic E-state index is 13.1. The highest BCUT2D eigenvalue weighted by molar-refractivity contribution is 7.80. The molecule has 0 spiro atoms. The van der Waals surface area contributed by atoms with Crippen molar-refractivity contribution >= 4 is 46.3 Å². The summed E-state index contributed by atoms with van der Waals surface area (Å²) in [6.45, 7) is 6.97. The van der Waals surface area contributed by atoms with Crippen molar-refractivity contribution in [2.45, 2.75) is 57.4 Å². The highest BCUT2D eigenvalue weighted by Gasteiger charge is 2.28. The number of hydrogen-bond donors (Lipinski definition) is 0. The third-order valence-corrected chi connectivity index (χ3v) is 8.88. The fraction of sp³-hybridized carbons (Fsp3) is 0.517. The van der Waals surface area contributed by atoms with Crippen molar-refractivity contribution in [1.29, 1.82) is 0 Å². The van der Waals surface area contributed by atoms with Gasteiger partial charge in [0.1, 0.15) is 0 Å². The SMILES string of the molecule is Cc1ccc(C(=O)N(C)C[C@@H](CCN2CCC(N3CCCCC3=S)CC2)c2ccc(Cl)c(Cl)c2)cc1. The fourth-order valence-electron chi connectivity index (χ4n) is 5.47. The number of piperidine rings is 2. The van der Waals surface area contributed by atoms with Gasteiger partial charge in [-0.05, 0) is 81.8 Å². The maximum Gasteiger partial charge on any atom is 0.253 e. The van der Waals surface area contributed by atoms with Crippen LogP contribution in [0.4, 0.5) is 0 Å². The molecule has 0 bridgehead atoms. The number of thiocarbonyl (C=S) groups is 1. The molecule has 0 saturated carbocycles. The summed E-state index contributed by atoms with van der Waals surface area (Å²) < 4.78 is 0. The summed E-state index contributed by atoms with van der Waals surface area (Å²) in [5.41, 5.74) is 2.99. The number of aryl methyl sites for hydroxylation is 1. The highest BCUT2D eigenvalue weighted by Crippen LogP contribution is 2.30. The second-order valence-electron chi connectivity index (χ2n) is 10.3. The molecule has 1 atom stereocenters. The van der Waals surface area contributed by atoms with E-state index in [1.54, 1.807) is 0 Å². The lowest BCUT2D eigenvalue weighted by Gasteiger charge is -2.42. The van der Waals surface area contributed by atoms with E-state index in [1.807, 2.05) is 61.3 Å². The molecular formula is C29H37Cl2N3OS. The lowest BCUT2D eigenvalue weighted by molar-refractivity contribution is 0.0780. The largest absolute Gasteiger partial charge is 0.363 e. The van der Waals surface area contributed by atoms with Crippen molar-refractivity contribution < 1.29 is 4.79 Å². The molecule has 0 radical (unpaired) electrons. The number of nitrogens with zero attached hydrogens (tertiary/aromatic N) is 3. The van der Waals surface area contributed by atoms with Gasteiger partial charge in [-0.1, -0.05) is 59.2 Å². The number of likely N-dealkylation sites (tertiary alicyclic amines) is 2. The molecule has 4 nitrogen and oxygen atoms in total. The van der Waals surface area contributed by atoms with Crippen LogP contribution in [-0.4, -0.2) is 71.4 Å². The monoisotopic (exact) mass is 545 g/mol. The topological polar surface area (TPSA) is 26.8 Å². The van der Waals surface area contributed by atoms with E-state index in [9.17, 15) is 4.79 Å². The van der Waals surface area contributed by atoms with E-state index in [0.717, 1.165) is 50.1 Å². The van der Waals surface area contributed by atoms with Gasteiger partial charge in [-0.25, -0.2) is 0 Å². The van der Waals surface area contributed by atoms with Gasteiger partial charge in [0.05, 0.1) is 15.0 Å². The van der Waals surface area contributed by atoms with Crippen molar-refractivity contribution in [1.82, 2.24) is 14.7 Å². The van der Waals surface area contributed by atoms with E-state index in [-0.39, 0.29) is 11.8 Å². The first kappa shape index (κ1) is 27.4. The number of halogens is 2. The fourth-order valence-corrected chi connectivity index (χ4v) is 6.16. The number of rotatable bonds is 8. The molecule has 2 fully saturated rings. The summed E-state index contributed by atoms with van der Waals surface area (Å²) in [4.78, 5) is 21.2. The molecule has 7 heteroatoms. The number of carbonyl (C=O) groups is 1. The molecule has 36 heavy (non-hydrogen) atoms. The molecule has 0 aliphatic carbocycles. The minimum Gasteiger partial charge on any atom is -0.363 e. The van der Waals surface area contributed by atoms with E-state index in [4.69, 9.17) is 35.4 Å². The third kappa shape index (κ3) is 7.00. The van der Waals surface area contributed by atoms with E-state index in [0.29, 0.717) is 28.2 Å². The molecule has 1 amide bonds. The molecule has 2 aromatic rings. The molecule has 2 heterocycles. The van der Waals surface area contributed by atoms with Gasteiger partial charge in [-0.15, -0.1) is 0 Å². The molecule has 2 saturated heterocycles. The van der Waals surface area contributed by atoms with Gasteiger partial charge in [0.25, 0.3) is 5.91 Å². The molecule has 2 aliphatic heterocycles. The first-order valence-electron chi connectivity index (χ1n) is 13.1. The van der Waals surface area contributed by atoms with Crippen molar-refractivity contribution in [2.24, 2.45) is 0 Å². The van der Waals surface area contributed by atoms with Crippen LogP contribution in [0.25, 0.3) is 0 Å². The number of hydrogen-bond acceptors (Lipinski definition) is 3. The van der Waals surface area contributed by atoms with Gasteiger partial charge in [-0.2, -0.15) is 0 Å². The predicted molar refractivity (Wildman–Crippen MR) is 155 cm³/mol. The van der Waals surface area contributed by atoms with Crippen molar-refractivity contribution in [3.8, 4) is 0 Å². The van der Waals surface area contributed by atoms with Crippen molar-refractivity contribution in [3.63, 3.8) is 0 Å².